The summed E-state index contributed by atoms with van der Waals surface area (Å²) in [6, 6.07) is 4.90. The summed E-state index contributed by atoms with van der Waals surface area (Å²) in [4.78, 5) is 2.54. The number of hydrogen-bond acceptors (Lipinski definition) is 2. The molecule has 1 N–H and O–H groups in total. The van der Waals surface area contributed by atoms with Gasteiger partial charge in [-0.15, -0.1) is 0 Å². The van der Waals surface area contributed by atoms with Crippen LogP contribution in [0.2, 0.25) is 10.0 Å². The minimum absolute atomic E-state index is 0.0834. The zero-order valence-electron chi connectivity index (χ0n) is 7.06. The van der Waals surface area contributed by atoms with Crippen molar-refractivity contribution in [2.45, 2.75) is 6.10 Å². The van der Waals surface area contributed by atoms with E-state index in [1.165, 1.54) is 0 Å². The molecule has 0 fully saturated rings. The fourth-order valence-corrected chi connectivity index (χ4v) is 1.68. The predicted octanol–water partition coefficient (Wildman–Crippen LogP) is 3.34. The van der Waals surface area contributed by atoms with Gasteiger partial charge in [-0.1, -0.05) is 34.4 Å². The van der Waals surface area contributed by atoms with Crippen LogP contribution in [0.4, 0.5) is 0 Å². The van der Waals surface area contributed by atoms with Crippen molar-refractivity contribution >= 4 is 23.2 Å². The van der Waals surface area contributed by atoms with Crippen LogP contribution >= 0.6 is 23.2 Å². The molecule has 74 valence electrons. The highest BCUT2D eigenvalue weighted by atomic mass is 35.5. The minimum atomic E-state index is -0.966. The Balaban J connectivity index is 2.99. The van der Waals surface area contributed by atoms with Crippen molar-refractivity contribution in [1.29, 1.82) is 0 Å². The minimum Gasteiger partial charge on any atom is -0.388 e. The Morgan fingerprint density at radius 1 is 1.43 bits per heavy atom. The highest BCUT2D eigenvalue weighted by Crippen LogP contribution is 2.30. The molecule has 0 aliphatic rings. The number of aliphatic hydroxyl groups is 1. The van der Waals surface area contributed by atoms with Crippen LogP contribution in [-0.4, -0.2) is 11.7 Å². The van der Waals surface area contributed by atoms with Crippen molar-refractivity contribution in [3.05, 3.63) is 44.3 Å². The number of azide groups is 1. The Morgan fingerprint density at radius 2 is 2.00 bits per heavy atom. The predicted molar refractivity (Wildman–Crippen MR) is 55.4 cm³/mol. The molecule has 1 aromatic rings. The Morgan fingerprint density at radius 3 is 2.50 bits per heavy atom. The van der Waals surface area contributed by atoms with Gasteiger partial charge in [-0.2, -0.15) is 0 Å². The van der Waals surface area contributed by atoms with Gasteiger partial charge in [0.2, 0.25) is 0 Å². The average Bonchev–Trinajstić information content (AvgIpc) is 2.14. The first kappa shape index (κ1) is 11.1. The number of nitrogens with zero attached hydrogens (tertiary/aromatic N) is 3. The van der Waals surface area contributed by atoms with Gasteiger partial charge in [-0.05, 0) is 17.7 Å². The second-order valence-electron chi connectivity index (χ2n) is 2.56. The van der Waals surface area contributed by atoms with E-state index in [0.717, 1.165) is 0 Å². The molecule has 0 heterocycles. The highest BCUT2D eigenvalue weighted by molar-refractivity contribution is 6.36. The van der Waals surface area contributed by atoms with Crippen molar-refractivity contribution in [2.24, 2.45) is 5.11 Å². The zero-order chi connectivity index (χ0) is 10.6. The fraction of sp³-hybridized carbons (Fsp3) is 0.250. The molecule has 0 unspecified atom stereocenters. The molecule has 0 aliphatic heterocycles. The lowest BCUT2D eigenvalue weighted by molar-refractivity contribution is 0.187. The quantitative estimate of drug-likeness (QED) is 0.484. The molecule has 0 bridgehead atoms. The maximum atomic E-state index is 9.58. The first-order valence-corrected chi connectivity index (χ1v) is 4.55. The second-order valence-corrected chi connectivity index (χ2v) is 3.38. The van der Waals surface area contributed by atoms with Crippen molar-refractivity contribution in [2.75, 3.05) is 6.54 Å². The van der Waals surface area contributed by atoms with Gasteiger partial charge in [0.15, 0.2) is 0 Å². The van der Waals surface area contributed by atoms with Crippen molar-refractivity contribution < 1.29 is 5.11 Å². The zero-order valence-corrected chi connectivity index (χ0v) is 8.57. The fourth-order valence-electron chi connectivity index (χ4n) is 1.03. The van der Waals surface area contributed by atoms with E-state index in [1.54, 1.807) is 18.2 Å². The molecule has 0 radical (unpaired) electrons. The van der Waals surface area contributed by atoms with Gasteiger partial charge < -0.3 is 5.11 Å². The van der Waals surface area contributed by atoms with Crippen LogP contribution in [0.3, 0.4) is 0 Å². The smallest absolute Gasteiger partial charge is 0.0875 e. The standard InChI is InChI=1S/C8H7Cl2N3O/c9-5-2-1-3-6(10)8(5)7(14)4-12-13-11/h1-3,7,14H,4H2/t7-/m1/s1. The van der Waals surface area contributed by atoms with Gasteiger partial charge >= 0.3 is 0 Å². The van der Waals surface area contributed by atoms with Crippen molar-refractivity contribution in [1.82, 2.24) is 0 Å². The van der Waals surface area contributed by atoms with E-state index < -0.39 is 6.10 Å². The highest BCUT2D eigenvalue weighted by Gasteiger charge is 2.13. The maximum Gasteiger partial charge on any atom is 0.0875 e. The maximum absolute atomic E-state index is 9.58. The number of benzene rings is 1. The number of rotatable bonds is 3. The van der Waals surface area contributed by atoms with Crippen LogP contribution in [0, 0.1) is 0 Å². The first-order chi connectivity index (χ1) is 6.66. The second kappa shape index (κ2) is 5.08. The Bertz CT molecular complexity index is 357. The van der Waals surface area contributed by atoms with E-state index in [9.17, 15) is 5.11 Å². The molecule has 1 atom stereocenters. The van der Waals surface area contributed by atoms with Gasteiger partial charge in [0, 0.05) is 20.5 Å². The lowest BCUT2D eigenvalue weighted by atomic mass is 10.1. The summed E-state index contributed by atoms with van der Waals surface area (Å²) in [6.45, 7) is -0.0834. The van der Waals surface area contributed by atoms with Crippen LogP contribution in [0.25, 0.3) is 10.4 Å². The largest absolute Gasteiger partial charge is 0.388 e. The van der Waals surface area contributed by atoms with Crippen LogP contribution in [0.15, 0.2) is 23.3 Å². The molecule has 0 saturated carbocycles. The topological polar surface area (TPSA) is 69.0 Å². The summed E-state index contributed by atoms with van der Waals surface area (Å²) < 4.78 is 0. The number of halogens is 2. The van der Waals surface area contributed by atoms with Crippen molar-refractivity contribution in [3.63, 3.8) is 0 Å². The molecule has 1 aromatic carbocycles. The Kier molecular flexibility index (Phi) is 4.04. The van der Waals surface area contributed by atoms with Gasteiger partial charge in [-0.25, -0.2) is 0 Å². The van der Waals surface area contributed by atoms with Crippen LogP contribution in [0.1, 0.15) is 11.7 Å². The summed E-state index contributed by atoms with van der Waals surface area (Å²) >= 11 is 11.6. The monoisotopic (exact) mass is 231 g/mol. The number of hydrogen-bond donors (Lipinski definition) is 1. The average molecular weight is 232 g/mol. The summed E-state index contributed by atoms with van der Waals surface area (Å²) in [5, 5.41) is 13.5. The molecule has 1 rings (SSSR count). The lowest BCUT2D eigenvalue weighted by Crippen LogP contribution is -2.02. The molecule has 0 amide bonds. The summed E-state index contributed by atoms with van der Waals surface area (Å²) in [5.74, 6) is 0. The summed E-state index contributed by atoms with van der Waals surface area (Å²) in [7, 11) is 0. The van der Waals surface area contributed by atoms with E-state index in [0.29, 0.717) is 15.6 Å². The third-order valence-corrected chi connectivity index (χ3v) is 2.31. The van der Waals surface area contributed by atoms with Crippen LogP contribution in [-0.2, 0) is 0 Å². The van der Waals surface area contributed by atoms with Gasteiger partial charge in [0.1, 0.15) is 0 Å². The molecular weight excluding hydrogens is 225 g/mol. The molecule has 0 aliphatic carbocycles. The first-order valence-electron chi connectivity index (χ1n) is 3.79. The van der Waals surface area contributed by atoms with E-state index in [2.05, 4.69) is 10.0 Å². The third kappa shape index (κ3) is 2.53. The van der Waals surface area contributed by atoms with Crippen LogP contribution < -0.4 is 0 Å². The Hall–Kier alpha value is -0.930. The molecule has 0 aromatic heterocycles. The third-order valence-electron chi connectivity index (χ3n) is 1.65. The van der Waals surface area contributed by atoms with Gasteiger partial charge in [0.25, 0.3) is 0 Å². The normalized spacial score (nSPS) is 11.9. The molecule has 0 spiro atoms. The Labute approximate surface area is 90.7 Å². The van der Waals surface area contributed by atoms with E-state index in [4.69, 9.17) is 28.7 Å². The van der Waals surface area contributed by atoms with Gasteiger partial charge in [-0.3, -0.25) is 0 Å². The number of aliphatic hydroxyl groups excluding tert-OH is 1. The summed E-state index contributed by atoms with van der Waals surface area (Å²) in [6.07, 6.45) is -0.966. The molecule has 0 saturated heterocycles. The summed E-state index contributed by atoms with van der Waals surface area (Å²) in [5.41, 5.74) is 8.47. The molecule has 4 nitrogen and oxygen atoms in total. The van der Waals surface area contributed by atoms with E-state index >= 15 is 0 Å². The molecular formula is C8H7Cl2N3O. The molecule has 6 heteroatoms. The van der Waals surface area contributed by atoms with Crippen LogP contribution in [0.5, 0.6) is 0 Å². The van der Waals surface area contributed by atoms with E-state index in [1.807, 2.05) is 0 Å². The lowest BCUT2D eigenvalue weighted by Gasteiger charge is -2.11. The van der Waals surface area contributed by atoms with Gasteiger partial charge in [0.05, 0.1) is 12.6 Å². The SMILES string of the molecule is [N-]=[N+]=NC[C@@H](O)c1c(Cl)cccc1Cl. The van der Waals surface area contributed by atoms with Crippen molar-refractivity contribution in [3.8, 4) is 0 Å². The van der Waals surface area contributed by atoms with E-state index in [-0.39, 0.29) is 6.54 Å². The molecule has 14 heavy (non-hydrogen) atoms.